The van der Waals surface area contributed by atoms with Gasteiger partial charge in [-0.15, -0.1) is 11.3 Å². The maximum absolute atomic E-state index is 12.8. The predicted molar refractivity (Wildman–Crippen MR) is 139 cm³/mol. The van der Waals surface area contributed by atoms with Crippen molar-refractivity contribution < 1.29 is 19.1 Å². The number of hydrogen-bond donors (Lipinski definition) is 2. The standard InChI is InChI=1S/C25H31N5O4S/c1-16-7-12-20(21(26-16)30(5)6)22(31)27-17-8-10-19(11-9-17)33-14-13-18-15-35-23(28-18)29-24(32)34-25(2,3)4/h7-12,15H,13-14H2,1-6H3,(H,27,31)(H,28,29,32). The number of benzene rings is 1. The second-order valence-electron chi connectivity index (χ2n) is 9.07. The topological polar surface area (TPSA) is 106 Å². The first kappa shape index (κ1) is 26.0. The molecule has 2 N–H and O–H groups in total. The fourth-order valence-electron chi connectivity index (χ4n) is 3.04. The van der Waals surface area contributed by atoms with Crippen LogP contribution in [0.4, 0.5) is 21.4 Å². The SMILES string of the molecule is Cc1ccc(C(=O)Nc2ccc(OCCc3csc(NC(=O)OC(C)(C)C)n3)cc2)c(N(C)C)n1. The van der Waals surface area contributed by atoms with Crippen LogP contribution in [-0.2, 0) is 11.2 Å². The number of rotatable bonds is 8. The summed E-state index contributed by atoms with van der Waals surface area (Å²) < 4.78 is 11.0. The van der Waals surface area contributed by atoms with Crippen molar-refractivity contribution in [1.82, 2.24) is 9.97 Å². The van der Waals surface area contributed by atoms with Crippen LogP contribution in [0.25, 0.3) is 0 Å². The van der Waals surface area contributed by atoms with Crippen molar-refractivity contribution in [3.8, 4) is 5.75 Å². The van der Waals surface area contributed by atoms with Gasteiger partial charge in [0.15, 0.2) is 5.13 Å². The summed E-state index contributed by atoms with van der Waals surface area (Å²) >= 11 is 1.33. The summed E-state index contributed by atoms with van der Waals surface area (Å²) in [5.41, 5.74) is 2.26. The molecule has 186 valence electrons. The summed E-state index contributed by atoms with van der Waals surface area (Å²) in [5.74, 6) is 1.07. The van der Waals surface area contributed by atoms with Crippen LogP contribution in [-0.4, -0.2) is 48.3 Å². The molecular weight excluding hydrogens is 466 g/mol. The molecule has 0 fully saturated rings. The molecule has 2 amide bonds. The highest BCUT2D eigenvalue weighted by atomic mass is 32.1. The lowest BCUT2D eigenvalue weighted by atomic mass is 10.2. The molecule has 9 nitrogen and oxygen atoms in total. The highest BCUT2D eigenvalue weighted by Crippen LogP contribution is 2.21. The fourth-order valence-corrected chi connectivity index (χ4v) is 3.77. The molecular formula is C25H31N5O4S. The molecule has 1 aromatic carbocycles. The number of carbonyl (C=O) groups is 2. The van der Waals surface area contributed by atoms with Crippen molar-refractivity contribution in [2.45, 2.75) is 39.7 Å². The lowest BCUT2D eigenvalue weighted by Gasteiger charge is -2.18. The van der Waals surface area contributed by atoms with Gasteiger partial charge in [-0.2, -0.15) is 0 Å². The maximum atomic E-state index is 12.8. The van der Waals surface area contributed by atoms with Crippen LogP contribution in [0, 0.1) is 6.92 Å². The van der Waals surface area contributed by atoms with Crippen molar-refractivity contribution >= 4 is 40.0 Å². The van der Waals surface area contributed by atoms with E-state index < -0.39 is 11.7 Å². The molecule has 10 heteroatoms. The van der Waals surface area contributed by atoms with E-state index in [2.05, 4.69) is 20.6 Å². The van der Waals surface area contributed by atoms with Crippen LogP contribution >= 0.6 is 11.3 Å². The Balaban J connectivity index is 1.49. The highest BCUT2D eigenvalue weighted by molar-refractivity contribution is 7.13. The van der Waals surface area contributed by atoms with E-state index in [-0.39, 0.29) is 5.91 Å². The van der Waals surface area contributed by atoms with E-state index >= 15 is 0 Å². The minimum Gasteiger partial charge on any atom is -0.493 e. The molecule has 0 saturated heterocycles. The lowest BCUT2D eigenvalue weighted by molar-refractivity contribution is 0.0635. The number of nitrogens with zero attached hydrogens (tertiary/aromatic N) is 3. The Morgan fingerprint density at radius 2 is 1.74 bits per heavy atom. The summed E-state index contributed by atoms with van der Waals surface area (Å²) in [4.78, 5) is 35.3. The van der Waals surface area contributed by atoms with E-state index in [1.807, 2.05) is 37.4 Å². The van der Waals surface area contributed by atoms with Gasteiger partial charge in [0.1, 0.15) is 17.2 Å². The van der Waals surface area contributed by atoms with E-state index in [1.165, 1.54) is 11.3 Å². The van der Waals surface area contributed by atoms with E-state index in [9.17, 15) is 9.59 Å². The molecule has 0 aliphatic carbocycles. The maximum Gasteiger partial charge on any atom is 0.413 e. The van der Waals surface area contributed by atoms with Gasteiger partial charge in [-0.25, -0.2) is 14.8 Å². The first-order chi connectivity index (χ1) is 16.5. The van der Waals surface area contributed by atoms with Crippen LogP contribution in [0.2, 0.25) is 0 Å². The smallest absolute Gasteiger partial charge is 0.413 e. The Morgan fingerprint density at radius 3 is 2.40 bits per heavy atom. The van der Waals surface area contributed by atoms with Crippen LogP contribution in [0.3, 0.4) is 0 Å². The second kappa shape index (κ2) is 11.2. The number of hydrogen-bond acceptors (Lipinski definition) is 8. The summed E-state index contributed by atoms with van der Waals surface area (Å²) in [6, 6.07) is 10.8. The van der Waals surface area contributed by atoms with Gasteiger partial charge in [-0.3, -0.25) is 10.1 Å². The van der Waals surface area contributed by atoms with E-state index in [4.69, 9.17) is 9.47 Å². The van der Waals surface area contributed by atoms with Gasteiger partial charge < -0.3 is 19.7 Å². The summed E-state index contributed by atoms with van der Waals surface area (Å²) in [7, 11) is 3.71. The van der Waals surface area contributed by atoms with Gasteiger partial charge in [0.25, 0.3) is 5.91 Å². The second-order valence-corrected chi connectivity index (χ2v) is 9.92. The molecule has 0 radical (unpaired) electrons. The Hall–Kier alpha value is -3.66. The third-order valence-electron chi connectivity index (χ3n) is 4.58. The average molecular weight is 498 g/mol. The third-order valence-corrected chi connectivity index (χ3v) is 5.39. The third kappa shape index (κ3) is 7.96. The zero-order chi connectivity index (χ0) is 25.6. The average Bonchev–Trinajstić information content (AvgIpc) is 3.20. The van der Waals surface area contributed by atoms with Crippen LogP contribution < -0.4 is 20.3 Å². The van der Waals surface area contributed by atoms with Gasteiger partial charge in [-0.05, 0) is 64.1 Å². The van der Waals surface area contributed by atoms with Crippen molar-refractivity contribution in [2.75, 3.05) is 36.2 Å². The Labute approximate surface area is 209 Å². The number of amides is 2. The van der Waals surface area contributed by atoms with E-state index in [1.54, 1.807) is 51.1 Å². The Bertz CT molecular complexity index is 1170. The number of pyridine rings is 1. The monoisotopic (exact) mass is 497 g/mol. The minimum absolute atomic E-state index is 0.228. The van der Waals surface area contributed by atoms with Crippen LogP contribution in [0.5, 0.6) is 5.75 Å². The molecule has 0 saturated carbocycles. The van der Waals surface area contributed by atoms with Crippen molar-refractivity contribution in [3.05, 3.63) is 58.7 Å². The molecule has 3 rings (SSSR count). The molecule has 3 aromatic rings. The molecule has 0 spiro atoms. The van der Waals surface area contributed by atoms with Crippen LogP contribution in [0.1, 0.15) is 42.5 Å². The highest BCUT2D eigenvalue weighted by Gasteiger charge is 2.17. The number of nitrogens with one attached hydrogen (secondary N) is 2. The zero-order valence-electron chi connectivity index (χ0n) is 20.8. The van der Waals surface area contributed by atoms with Crippen molar-refractivity contribution in [1.29, 1.82) is 0 Å². The molecule has 0 aliphatic heterocycles. The Kier molecular flexibility index (Phi) is 8.29. The first-order valence-electron chi connectivity index (χ1n) is 11.1. The molecule has 35 heavy (non-hydrogen) atoms. The van der Waals surface area contributed by atoms with Crippen molar-refractivity contribution in [2.24, 2.45) is 0 Å². The zero-order valence-corrected chi connectivity index (χ0v) is 21.7. The number of ether oxygens (including phenoxy) is 2. The summed E-state index contributed by atoms with van der Waals surface area (Å²) in [6.45, 7) is 7.73. The van der Waals surface area contributed by atoms with Crippen LogP contribution in [0.15, 0.2) is 41.8 Å². The lowest BCUT2D eigenvalue weighted by Crippen LogP contribution is -2.27. The van der Waals surface area contributed by atoms with Gasteiger partial charge >= 0.3 is 6.09 Å². The molecule has 0 bridgehead atoms. The number of aromatic nitrogens is 2. The molecule has 0 unspecified atom stereocenters. The van der Waals surface area contributed by atoms with Crippen molar-refractivity contribution in [3.63, 3.8) is 0 Å². The van der Waals surface area contributed by atoms with E-state index in [0.717, 1.165) is 11.4 Å². The minimum atomic E-state index is -0.566. The largest absolute Gasteiger partial charge is 0.493 e. The molecule has 2 heterocycles. The normalized spacial score (nSPS) is 11.0. The van der Waals surface area contributed by atoms with Gasteiger partial charge in [0, 0.05) is 37.3 Å². The fraction of sp³-hybridized carbons (Fsp3) is 0.360. The van der Waals surface area contributed by atoms with Gasteiger partial charge in [-0.1, -0.05) is 0 Å². The molecule has 0 atom stereocenters. The first-order valence-corrected chi connectivity index (χ1v) is 12.0. The summed E-state index contributed by atoms with van der Waals surface area (Å²) in [6.07, 6.45) is 0.0528. The van der Waals surface area contributed by atoms with Gasteiger partial charge in [0.2, 0.25) is 0 Å². The number of aryl methyl sites for hydroxylation is 1. The Morgan fingerprint density at radius 1 is 1.03 bits per heavy atom. The quantitative estimate of drug-likeness (QED) is 0.444. The number of thiazole rings is 1. The van der Waals surface area contributed by atoms with E-state index in [0.29, 0.717) is 41.0 Å². The number of anilines is 3. The predicted octanol–water partition coefficient (Wildman–Crippen LogP) is 5.13. The molecule has 2 aromatic heterocycles. The molecule has 0 aliphatic rings. The number of carbonyl (C=O) groups excluding carboxylic acids is 2. The summed E-state index contributed by atoms with van der Waals surface area (Å²) in [5, 5.41) is 7.89. The van der Waals surface area contributed by atoms with Gasteiger partial charge in [0.05, 0.1) is 17.9 Å².